The highest BCUT2D eigenvalue weighted by molar-refractivity contribution is 6.31. The topological polar surface area (TPSA) is 39.2 Å². The van der Waals surface area contributed by atoms with Crippen molar-refractivity contribution in [1.29, 1.82) is 0 Å². The molecule has 16 heavy (non-hydrogen) atoms. The van der Waals surface area contributed by atoms with E-state index >= 15 is 0 Å². The van der Waals surface area contributed by atoms with Gasteiger partial charge < -0.3 is 10.2 Å². The van der Waals surface area contributed by atoms with Crippen LogP contribution >= 0.6 is 11.6 Å². The standard InChI is InChI=1S/C13H14ClNO/c1-9-2-3-10(12(14)6-9)7-13(15)11-4-5-16-8-11/h2-6,8,13H,7,15H2,1H3. The van der Waals surface area contributed by atoms with Crippen LogP contribution in [0.5, 0.6) is 0 Å². The summed E-state index contributed by atoms with van der Waals surface area (Å²) in [5.74, 6) is 0. The summed E-state index contributed by atoms with van der Waals surface area (Å²) >= 11 is 6.16. The Bertz CT molecular complexity index is 465. The van der Waals surface area contributed by atoms with Crippen LogP contribution in [-0.2, 0) is 6.42 Å². The van der Waals surface area contributed by atoms with Gasteiger partial charge in [-0.1, -0.05) is 23.7 Å². The van der Waals surface area contributed by atoms with E-state index in [4.69, 9.17) is 21.8 Å². The van der Waals surface area contributed by atoms with Crippen molar-refractivity contribution in [2.24, 2.45) is 5.73 Å². The van der Waals surface area contributed by atoms with E-state index in [0.29, 0.717) is 0 Å². The van der Waals surface area contributed by atoms with E-state index in [9.17, 15) is 0 Å². The van der Waals surface area contributed by atoms with Gasteiger partial charge in [-0.25, -0.2) is 0 Å². The average Bonchev–Trinajstić information content (AvgIpc) is 2.75. The molecule has 1 atom stereocenters. The van der Waals surface area contributed by atoms with Crippen molar-refractivity contribution >= 4 is 11.6 Å². The Morgan fingerprint density at radius 1 is 1.38 bits per heavy atom. The smallest absolute Gasteiger partial charge is 0.0950 e. The predicted molar refractivity (Wildman–Crippen MR) is 65.5 cm³/mol. The van der Waals surface area contributed by atoms with Gasteiger partial charge in [0.15, 0.2) is 0 Å². The number of benzene rings is 1. The Balaban J connectivity index is 2.15. The van der Waals surface area contributed by atoms with E-state index in [1.807, 2.05) is 31.2 Å². The first-order valence-corrected chi connectivity index (χ1v) is 5.57. The minimum atomic E-state index is -0.0704. The van der Waals surface area contributed by atoms with E-state index in [0.717, 1.165) is 28.1 Å². The van der Waals surface area contributed by atoms with Crippen molar-refractivity contribution in [3.05, 3.63) is 58.5 Å². The largest absolute Gasteiger partial charge is 0.472 e. The molecular formula is C13H14ClNO. The summed E-state index contributed by atoms with van der Waals surface area (Å²) in [6, 6.07) is 7.84. The van der Waals surface area contributed by atoms with E-state index in [-0.39, 0.29) is 6.04 Å². The lowest BCUT2D eigenvalue weighted by atomic mass is 10.0. The molecule has 0 saturated carbocycles. The number of rotatable bonds is 3. The van der Waals surface area contributed by atoms with Crippen LogP contribution < -0.4 is 5.73 Å². The van der Waals surface area contributed by atoms with Crippen LogP contribution in [0.1, 0.15) is 22.7 Å². The van der Waals surface area contributed by atoms with Gasteiger partial charge in [0, 0.05) is 16.6 Å². The molecule has 1 heterocycles. The zero-order chi connectivity index (χ0) is 11.5. The third kappa shape index (κ3) is 2.46. The van der Waals surface area contributed by atoms with Crippen molar-refractivity contribution in [3.8, 4) is 0 Å². The van der Waals surface area contributed by atoms with E-state index < -0.39 is 0 Å². The maximum atomic E-state index is 6.16. The molecular weight excluding hydrogens is 222 g/mol. The zero-order valence-corrected chi connectivity index (χ0v) is 9.87. The number of furan rings is 1. The zero-order valence-electron chi connectivity index (χ0n) is 9.11. The third-order valence-corrected chi connectivity index (χ3v) is 2.97. The lowest BCUT2D eigenvalue weighted by Crippen LogP contribution is -2.12. The van der Waals surface area contributed by atoms with Crippen molar-refractivity contribution < 1.29 is 4.42 Å². The fourth-order valence-corrected chi connectivity index (χ4v) is 1.97. The van der Waals surface area contributed by atoms with Crippen LogP contribution in [0.2, 0.25) is 5.02 Å². The van der Waals surface area contributed by atoms with Gasteiger partial charge in [-0.15, -0.1) is 0 Å². The van der Waals surface area contributed by atoms with Gasteiger partial charge in [0.2, 0.25) is 0 Å². The van der Waals surface area contributed by atoms with E-state index in [2.05, 4.69) is 0 Å². The Morgan fingerprint density at radius 3 is 2.81 bits per heavy atom. The number of halogens is 1. The normalized spacial score (nSPS) is 12.7. The summed E-state index contributed by atoms with van der Waals surface area (Å²) < 4.78 is 5.01. The quantitative estimate of drug-likeness (QED) is 0.885. The molecule has 2 rings (SSSR count). The summed E-state index contributed by atoms with van der Waals surface area (Å²) in [6.45, 7) is 2.02. The third-order valence-electron chi connectivity index (χ3n) is 2.62. The molecule has 0 saturated heterocycles. The maximum absolute atomic E-state index is 6.16. The first-order valence-electron chi connectivity index (χ1n) is 5.19. The Hall–Kier alpha value is -1.25. The molecule has 3 heteroatoms. The summed E-state index contributed by atoms with van der Waals surface area (Å²) in [5, 5.41) is 0.777. The molecule has 1 aromatic heterocycles. The van der Waals surface area contributed by atoms with Crippen molar-refractivity contribution in [3.63, 3.8) is 0 Å². The highest BCUT2D eigenvalue weighted by Crippen LogP contribution is 2.23. The van der Waals surface area contributed by atoms with Gasteiger partial charge in [0.25, 0.3) is 0 Å². The number of hydrogen-bond acceptors (Lipinski definition) is 2. The summed E-state index contributed by atoms with van der Waals surface area (Å²) in [4.78, 5) is 0. The molecule has 0 radical (unpaired) electrons. The van der Waals surface area contributed by atoms with Gasteiger partial charge in [0.1, 0.15) is 0 Å². The predicted octanol–water partition coefficient (Wildman–Crippen LogP) is 3.48. The second-order valence-corrected chi connectivity index (χ2v) is 4.37. The Morgan fingerprint density at radius 2 is 2.19 bits per heavy atom. The highest BCUT2D eigenvalue weighted by atomic mass is 35.5. The molecule has 0 aliphatic carbocycles. The van der Waals surface area contributed by atoms with Gasteiger partial charge in [-0.2, -0.15) is 0 Å². The molecule has 2 N–H and O–H groups in total. The second kappa shape index (κ2) is 4.73. The summed E-state index contributed by atoms with van der Waals surface area (Å²) in [7, 11) is 0. The fourth-order valence-electron chi connectivity index (χ4n) is 1.66. The molecule has 0 spiro atoms. The SMILES string of the molecule is Cc1ccc(CC(N)c2ccoc2)c(Cl)c1. The first-order chi connectivity index (χ1) is 7.66. The van der Waals surface area contributed by atoms with Crippen molar-refractivity contribution in [2.75, 3.05) is 0 Å². The molecule has 0 aliphatic heterocycles. The first kappa shape index (κ1) is 11.2. The average molecular weight is 236 g/mol. The number of aryl methyl sites for hydroxylation is 1. The van der Waals surface area contributed by atoms with Gasteiger partial charge in [0.05, 0.1) is 12.5 Å². The van der Waals surface area contributed by atoms with Crippen LogP contribution in [0.4, 0.5) is 0 Å². The Labute approximate surface area is 100 Å². The van der Waals surface area contributed by atoms with Crippen LogP contribution in [0, 0.1) is 6.92 Å². The summed E-state index contributed by atoms with van der Waals surface area (Å²) in [5.41, 5.74) is 9.28. The molecule has 0 aliphatic rings. The van der Waals surface area contributed by atoms with Crippen LogP contribution in [-0.4, -0.2) is 0 Å². The van der Waals surface area contributed by atoms with Crippen molar-refractivity contribution in [2.45, 2.75) is 19.4 Å². The van der Waals surface area contributed by atoms with Gasteiger partial charge in [-0.05, 0) is 36.6 Å². The molecule has 0 bridgehead atoms. The molecule has 1 aromatic carbocycles. The van der Waals surface area contributed by atoms with Crippen LogP contribution in [0.15, 0.2) is 41.2 Å². The van der Waals surface area contributed by atoms with E-state index in [1.54, 1.807) is 12.5 Å². The molecule has 0 fully saturated rings. The van der Waals surface area contributed by atoms with Gasteiger partial charge >= 0.3 is 0 Å². The lowest BCUT2D eigenvalue weighted by Gasteiger charge is -2.11. The molecule has 2 nitrogen and oxygen atoms in total. The highest BCUT2D eigenvalue weighted by Gasteiger charge is 2.10. The maximum Gasteiger partial charge on any atom is 0.0950 e. The molecule has 84 valence electrons. The number of nitrogens with two attached hydrogens (primary N) is 1. The molecule has 0 amide bonds. The van der Waals surface area contributed by atoms with Crippen molar-refractivity contribution in [1.82, 2.24) is 0 Å². The molecule has 1 unspecified atom stereocenters. The monoisotopic (exact) mass is 235 g/mol. The van der Waals surface area contributed by atoms with Crippen LogP contribution in [0.3, 0.4) is 0 Å². The van der Waals surface area contributed by atoms with E-state index in [1.165, 1.54) is 0 Å². The Kier molecular flexibility index (Phi) is 3.32. The second-order valence-electron chi connectivity index (χ2n) is 3.96. The lowest BCUT2D eigenvalue weighted by molar-refractivity contribution is 0.558. The minimum absolute atomic E-state index is 0.0704. The van der Waals surface area contributed by atoms with Gasteiger partial charge in [-0.3, -0.25) is 0 Å². The number of hydrogen-bond donors (Lipinski definition) is 1. The summed E-state index contributed by atoms with van der Waals surface area (Å²) in [6.07, 6.45) is 4.03. The fraction of sp³-hybridized carbons (Fsp3) is 0.231. The minimum Gasteiger partial charge on any atom is -0.472 e. The molecule has 2 aromatic rings. The van der Waals surface area contributed by atoms with Crippen LogP contribution in [0.25, 0.3) is 0 Å².